The van der Waals surface area contributed by atoms with Crippen molar-refractivity contribution in [3.63, 3.8) is 0 Å². The number of halogens is 4. The number of nitrogens with zero attached hydrogens (tertiary/aromatic N) is 3. The first-order valence-corrected chi connectivity index (χ1v) is 12.2. The number of nitrogens with one attached hydrogen (secondary N) is 1. The number of rotatable bonds is 8. The molecule has 198 valence electrons. The summed E-state index contributed by atoms with van der Waals surface area (Å²) in [7, 11) is 3.82. The van der Waals surface area contributed by atoms with E-state index in [0.29, 0.717) is 40.9 Å². The molecule has 0 saturated carbocycles. The smallest absolute Gasteiger partial charge is 0.416 e. The molecule has 2 aromatic carbocycles. The van der Waals surface area contributed by atoms with Crippen LogP contribution < -0.4 is 10.1 Å². The molecule has 4 rings (SSSR count). The normalized spacial score (nSPS) is 15.1. The maximum atomic E-state index is 13.1. The van der Waals surface area contributed by atoms with Crippen LogP contribution in [0.3, 0.4) is 0 Å². The number of aryl methyl sites for hydroxylation is 1. The van der Waals surface area contributed by atoms with E-state index < -0.39 is 17.6 Å². The lowest BCUT2D eigenvalue weighted by Crippen LogP contribution is -2.34. The monoisotopic (exact) mass is 536 g/mol. The number of ether oxygens (including phenoxy) is 2. The Kier molecular flexibility index (Phi) is 8.41. The van der Waals surface area contributed by atoms with Gasteiger partial charge in [0.25, 0.3) is 5.91 Å². The van der Waals surface area contributed by atoms with Crippen molar-refractivity contribution in [1.82, 2.24) is 14.7 Å². The molecule has 11 heteroatoms. The summed E-state index contributed by atoms with van der Waals surface area (Å²) in [6, 6.07) is 9.20. The highest BCUT2D eigenvalue weighted by atomic mass is 35.5. The number of benzene rings is 2. The highest BCUT2D eigenvalue weighted by Gasteiger charge is 2.31. The van der Waals surface area contributed by atoms with Crippen molar-refractivity contribution in [2.24, 2.45) is 7.05 Å². The molecule has 0 aliphatic carbocycles. The van der Waals surface area contributed by atoms with Crippen LogP contribution in [0.25, 0.3) is 11.3 Å². The van der Waals surface area contributed by atoms with Crippen LogP contribution in [0.4, 0.5) is 18.9 Å². The van der Waals surface area contributed by atoms with Gasteiger partial charge in [-0.2, -0.15) is 18.3 Å². The fourth-order valence-electron chi connectivity index (χ4n) is 4.19. The summed E-state index contributed by atoms with van der Waals surface area (Å²) in [5, 5.41) is 7.22. The molecular weight excluding hydrogens is 509 g/mol. The molecule has 3 aromatic rings. The quantitative estimate of drug-likeness (QED) is 0.385. The lowest BCUT2D eigenvalue weighted by molar-refractivity contribution is -0.137. The summed E-state index contributed by atoms with van der Waals surface area (Å²) in [6.45, 7) is 2.73. The molecule has 1 saturated heterocycles. The van der Waals surface area contributed by atoms with Crippen LogP contribution >= 0.6 is 11.6 Å². The van der Waals surface area contributed by atoms with Gasteiger partial charge in [-0.1, -0.05) is 17.7 Å². The molecule has 1 amide bonds. The van der Waals surface area contributed by atoms with Gasteiger partial charge in [0.1, 0.15) is 12.4 Å². The highest BCUT2D eigenvalue weighted by Crippen LogP contribution is 2.37. The van der Waals surface area contributed by atoms with Gasteiger partial charge in [0.15, 0.2) is 0 Å². The molecule has 0 spiro atoms. The Morgan fingerprint density at radius 3 is 2.57 bits per heavy atom. The number of hydrogen-bond donors (Lipinski definition) is 1. The van der Waals surface area contributed by atoms with Gasteiger partial charge in [-0.15, -0.1) is 0 Å². The largest absolute Gasteiger partial charge is 0.490 e. The Morgan fingerprint density at radius 1 is 1.14 bits per heavy atom. The lowest BCUT2D eigenvalue weighted by atomic mass is 10.1. The summed E-state index contributed by atoms with van der Waals surface area (Å²) in [5.74, 6) is -0.164. The van der Waals surface area contributed by atoms with Gasteiger partial charge in [-0.25, -0.2) is 0 Å². The fourth-order valence-corrected chi connectivity index (χ4v) is 4.46. The van der Waals surface area contributed by atoms with E-state index in [0.717, 1.165) is 38.1 Å². The average Bonchev–Trinajstić information content (AvgIpc) is 3.20. The lowest BCUT2D eigenvalue weighted by Gasteiger charge is -2.28. The highest BCUT2D eigenvalue weighted by molar-refractivity contribution is 6.33. The van der Waals surface area contributed by atoms with Crippen LogP contribution in [0.5, 0.6) is 5.75 Å². The van der Waals surface area contributed by atoms with Crippen LogP contribution in [0.2, 0.25) is 5.02 Å². The van der Waals surface area contributed by atoms with Crippen LogP contribution in [0.15, 0.2) is 48.7 Å². The molecular formula is C26H28ClF3N4O3. The first-order valence-electron chi connectivity index (χ1n) is 11.9. The van der Waals surface area contributed by atoms with E-state index in [9.17, 15) is 18.0 Å². The number of carbonyl (C=O) groups is 1. The van der Waals surface area contributed by atoms with E-state index in [-0.39, 0.29) is 11.7 Å². The molecule has 1 aliphatic heterocycles. The van der Waals surface area contributed by atoms with E-state index in [4.69, 9.17) is 21.1 Å². The number of aromatic nitrogens is 2. The number of anilines is 1. The van der Waals surface area contributed by atoms with Crippen molar-refractivity contribution in [3.05, 3.63) is 64.8 Å². The van der Waals surface area contributed by atoms with E-state index in [1.54, 1.807) is 29.9 Å². The Hall–Kier alpha value is -3.08. The molecule has 0 radical (unpaired) electrons. The second-order valence-electron chi connectivity index (χ2n) is 8.93. The van der Waals surface area contributed by atoms with Gasteiger partial charge in [-0.05, 0) is 56.3 Å². The van der Waals surface area contributed by atoms with Crippen molar-refractivity contribution >= 4 is 23.2 Å². The van der Waals surface area contributed by atoms with Crippen LogP contribution in [-0.4, -0.2) is 60.0 Å². The summed E-state index contributed by atoms with van der Waals surface area (Å²) < 4.78 is 52.7. The van der Waals surface area contributed by atoms with Crippen molar-refractivity contribution in [2.45, 2.75) is 25.1 Å². The summed E-state index contributed by atoms with van der Waals surface area (Å²) in [6.07, 6.45) is -0.883. The zero-order valence-corrected chi connectivity index (χ0v) is 21.3. The Morgan fingerprint density at radius 2 is 1.89 bits per heavy atom. The molecule has 2 heterocycles. The van der Waals surface area contributed by atoms with Gasteiger partial charge in [-0.3, -0.25) is 9.48 Å². The van der Waals surface area contributed by atoms with Crippen LogP contribution in [-0.2, 0) is 18.0 Å². The van der Waals surface area contributed by atoms with Gasteiger partial charge in [0, 0.05) is 37.0 Å². The number of likely N-dealkylation sites (tertiary alicyclic amines) is 1. The average molecular weight is 537 g/mol. The van der Waals surface area contributed by atoms with Gasteiger partial charge in [0.2, 0.25) is 0 Å². The third-order valence-corrected chi connectivity index (χ3v) is 6.48. The summed E-state index contributed by atoms with van der Waals surface area (Å²) >= 11 is 6.38. The molecule has 0 bridgehead atoms. The maximum Gasteiger partial charge on any atom is 0.416 e. The molecule has 1 aromatic heterocycles. The number of carbonyl (C=O) groups excluding carboxylic acids is 1. The topological polar surface area (TPSA) is 68.6 Å². The maximum absolute atomic E-state index is 13.1. The summed E-state index contributed by atoms with van der Waals surface area (Å²) in [4.78, 5) is 15.0. The van der Waals surface area contributed by atoms with Crippen LogP contribution in [0.1, 0.15) is 28.8 Å². The van der Waals surface area contributed by atoms with Gasteiger partial charge in [0.05, 0.1) is 35.2 Å². The van der Waals surface area contributed by atoms with Crippen molar-refractivity contribution in [1.29, 1.82) is 0 Å². The molecule has 0 unspecified atom stereocenters. The Labute approximate surface area is 218 Å². The zero-order valence-electron chi connectivity index (χ0n) is 20.5. The van der Waals surface area contributed by atoms with E-state index in [2.05, 4.69) is 22.4 Å². The van der Waals surface area contributed by atoms with Gasteiger partial charge < -0.3 is 19.7 Å². The molecule has 7 nitrogen and oxygen atoms in total. The minimum absolute atomic E-state index is 0.110. The van der Waals surface area contributed by atoms with Crippen molar-refractivity contribution in [2.75, 3.05) is 38.7 Å². The number of amides is 1. The van der Waals surface area contributed by atoms with E-state index in [1.807, 2.05) is 0 Å². The van der Waals surface area contributed by atoms with E-state index >= 15 is 0 Å². The number of hydrogen-bond acceptors (Lipinski definition) is 5. The third kappa shape index (κ3) is 6.82. The fraction of sp³-hybridized carbons (Fsp3) is 0.385. The van der Waals surface area contributed by atoms with E-state index in [1.165, 1.54) is 18.3 Å². The molecule has 1 fully saturated rings. The van der Waals surface area contributed by atoms with Crippen LogP contribution in [0, 0.1) is 0 Å². The number of alkyl halides is 3. The standard InChI is InChI=1S/C26H28ClF3N4O3/c1-33-10-8-20(9-11-33)36-12-13-37-23-7-6-19(15-21(23)24-22(27)16-31-34(24)2)32-25(35)17-4-3-5-18(14-17)26(28,29)30/h3-7,14-16,20H,8-13H2,1-2H3,(H,32,35). The Balaban J connectivity index is 1.49. The SMILES string of the molecule is CN1CCC(OCCOc2ccc(NC(=O)c3cccc(C(F)(F)F)c3)cc2-c2c(Cl)cnn2C)CC1. The number of piperidine rings is 1. The second-order valence-corrected chi connectivity index (χ2v) is 9.34. The van der Waals surface area contributed by atoms with Crippen molar-refractivity contribution < 1.29 is 27.4 Å². The van der Waals surface area contributed by atoms with Gasteiger partial charge >= 0.3 is 6.18 Å². The Bertz CT molecular complexity index is 1220. The summed E-state index contributed by atoms with van der Waals surface area (Å²) in [5.41, 5.74) is 0.508. The minimum atomic E-state index is -4.55. The molecule has 1 aliphatic rings. The first kappa shape index (κ1) is 27.0. The zero-order chi connectivity index (χ0) is 26.6. The minimum Gasteiger partial charge on any atom is -0.490 e. The molecule has 37 heavy (non-hydrogen) atoms. The van der Waals surface area contributed by atoms with Crippen molar-refractivity contribution in [3.8, 4) is 17.0 Å². The first-order chi connectivity index (χ1) is 17.6. The second kappa shape index (κ2) is 11.5. The molecule has 0 atom stereocenters. The predicted octanol–water partition coefficient (Wildman–Crippen LogP) is 5.50. The third-order valence-electron chi connectivity index (χ3n) is 6.20. The predicted molar refractivity (Wildman–Crippen MR) is 135 cm³/mol. The molecule has 1 N–H and O–H groups in total.